The zero-order chi connectivity index (χ0) is 18.4. The third-order valence-corrected chi connectivity index (χ3v) is 5.20. The van der Waals surface area contributed by atoms with Crippen molar-refractivity contribution >= 4 is 39.9 Å². The highest BCUT2D eigenvalue weighted by molar-refractivity contribution is 7.90. The van der Waals surface area contributed by atoms with E-state index in [1.807, 2.05) is 0 Å². The lowest BCUT2D eigenvalue weighted by molar-refractivity contribution is -0.125. The minimum absolute atomic E-state index is 0.112. The summed E-state index contributed by atoms with van der Waals surface area (Å²) in [4.78, 5) is 12.9. The van der Waals surface area contributed by atoms with E-state index in [0.29, 0.717) is 27.5 Å². The standard InChI is InChI=1S/C19H16ClFO3S/c1-19(2)18(22)16(11-4-7-13(20)8-5-11)17(24-19)12-6-9-15(25(3)23)14(21)10-12/h4-10H,1-3H3. The molecule has 3 nitrogen and oxygen atoms in total. The Morgan fingerprint density at radius 2 is 1.72 bits per heavy atom. The quantitative estimate of drug-likeness (QED) is 0.741. The smallest absolute Gasteiger partial charge is 0.210 e. The van der Waals surface area contributed by atoms with Crippen LogP contribution in [-0.2, 0) is 20.7 Å². The molecule has 0 fully saturated rings. The minimum atomic E-state index is -1.43. The van der Waals surface area contributed by atoms with E-state index < -0.39 is 22.6 Å². The van der Waals surface area contributed by atoms with Gasteiger partial charge in [0, 0.05) is 10.6 Å². The first kappa shape index (κ1) is 18.0. The van der Waals surface area contributed by atoms with Gasteiger partial charge in [-0.15, -0.1) is 0 Å². The molecule has 0 radical (unpaired) electrons. The van der Waals surface area contributed by atoms with E-state index in [0.717, 1.165) is 0 Å². The third kappa shape index (κ3) is 3.32. The van der Waals surface area contributed by atoms with Crippen LogP contribution in [0.4, 0.5) is 4.39 Å². The van der Waals surface area contributed by atoms with Crippen LogP contribution in [-0.4, -0.2) is 22.2 Å². The summed E-state index contributed by atoms with van der Waals surface area (Å²) in [6.07, 6.45) is 1.41. The molecule has 0 spiro atoms. The molecule has 25 heavy (non-hydrogen) atoms. The molecule has 1 atom stereocenters. The summed E-state index contributed by atoms with van der Waals surface area (Å²) in [6, 6.07) is 11.1. The molecule has 1 heterocycles. The summed E-state index contributed by atoms with van der Waals surface area (Å²) in [5.41, 5.74) is 0.410. The van der Waals surface area contributed by atoms with Crippen molar-refractivity contribution in [3.63, 3.8) is 0 Å². The Bertz CT molecular complexity index is 873. The van der Waals surface area contributed by atoms with Crippen LogP contribution >= 0.6 is 11.6 Å². The van der Waals surface area contributed by atoms with Crippen LogP contribution in [0.5, 0.6) is 0 Å². The predicted molar refractivity (Wildman–Crippen MR) is 97.2 cm³/mol. The number of hydrogen-bond donors (Lipinski definition) is 0. The van der Waals surface area contributed by atoms with Crippen LogP contribution in [0.2, 0.25) is 5.02 Å². The lowest BCUT2D eigenvalue weighted by Gasteiger charge is -2.18. The Labute approximate surface area is 153 Å². The van der Waals surface area contributed by atoms with E-state index in [-0.39, 0.29) is 10.7 Å². The first-order valence-corrected chi connectivity index (χ1v) is 9.51. The average Bonchev–Trinajstić information content (AvgIpc) is 2.78. The van der Waals surface area contributed by atoms with Crippen LogP contribution in [0.1, 0.15) is 25.0 Å². The van der Waals surface area contributed by atoms with E-state index in [1.165, 1.54) is 18.4 Å². The summed E-state index contributed by atoms with van der Waals surface area (Å²) >= 11 is 4.49. The zero-order valence-corrected chi connectivity index (χ0v) is 15.5. The van der Waals surface area contributed by atoms with Gasteiger partial charge in [-0.05, 0) is 60.9 Å². The lowest BCUT2D eigenvalue weighted by atomic mass is 9.93. The molecule has 1 aliphatic heterocycles. The van der Waals surface area contributed by atoms with Crippen molar-refractivity contribution in [3.05, 3.63) is 64.4 Å². The summed E-state index contributed by atoms with van der Waals surface area (Å²) in [7, 11) is 0. The number of benzene rings is 2. The molecule has 0 amide bonds. The minimum Gasteiger partial charge on any atom is -0.612 e. The van der Waals surface area contributed by atoms with Gasteiger partial charge in [0.2, 0.25) is 5.78 Å². The van der Waals surface area contributed by atoms with E-state index in [2.05, 4.69) is 0 Å². The second-order valence-corrected chi connectivity index (χ2v) is 8.04. The van der Waals surface area contributed by atoms with Crippen molar-refractivity contribution in [1.82, 2.24) is 0 Å². The summed E-state index contributed by atoms with van der Waals surface area (Å²) in [6.45, 7) is 3.34. The maximum atomic E-state index is 14.3. The summed E-state index contributed by atoms with van der Waals surface area (Å²) in [5.74, 6) is -0.472. The fourth-order valence-corrected chi connectivity index (χ4v) is 3.43. The van der Waals surface area contributed by atoms with Crippen LogP contribution in [0.25, 0.3) is 11.3 Å². The fourth-order valence-electron chi connectivity index (χ4n) is 2.71. The van der Waals surface area contributed by atoms with Crippen molar-refractivity contribution in [3.8, 4) is 0 Å². The molecule has 6 heteroatoms. The molecule has 0 aliphatic carbocycles. The highest BCUT2D eigenvalue weighted by Gasteiger charge is 2.43. The second kappa shape index (κ2) is 6.48. The molecule has 2 aromatic carbocycles. The number of carbonyl (C=O) groups excluding carboxylic acids is 1. The van der Waals surface area contributed by atoms with Crippen molar-refractivity contribution in [1.29, 1.82) is 0 Å². The van der Waals surface area contributed by atoms with Gasteiger partial charge in [-0.25, -0.2) is 4.39 Å². The van der Waals surface area contributed by atoms with E-state index in [1.54, 1.807) is 44.2 Å². The summed E-state index contributed by atoms with van der Waals surface area (Å²) < 4.78 is 31.6. The molecule has 0 saturated carbocycles. The number of ether oxygens (including phenoxy) is 1. The van der Waals surface area contributed by atoms with Gasteiger partial charge in [0.25, 0.3) is 0 Å². The van der Waals surface area contributed by atoms with Gasteiger partial charge < -0.3 is 9.29 Å². The number of Topliss-reactive ketones (excluding diaryl/α,β-unsaturated/α-hetero) is 1. The van der Waals surface area contributed by atoms with Gasteiger partial charge in [-0.2, -0.15) is 0 Å². The molecular formula is C19H16ClFO3S. The van der Waals surface area contributed by atoms with Crippen molar-refractivity contribution in [2.45, 2.75) is 24.3 Å². The van der Waals surface area contributed by atoms with E-state index >= 15 is 0 Å². The number of hydrogen-bond acceptors (Lipinski definition) is 3. The predicted octanol–water partition coefficient (Wildman–Crippen LogP) is 4.46. The number of ketones is 1. The van der Waals surface area contributed by atoms with Crippen LogP contribution < -0.4 is 0 Å². The normalized spacial score (nSPS) is 17.6. The van der Waals surface area contributed by atoms with Gasteiger partial charge in [0.15, 0.2) is 16.3 Å². The van der Waals surface area contributed by atoms with Crippen molar-refractivity contribution in [2.24, 2.45) is 0 Å². The van der Waals surface area contributed by atoms with Crippen molar-refractivity contribution in [2.75, 3.05) is 6.26 Å². The molecule has 1 unspecified atom stereocenters. The first-order valence-electron chi connectivity index (χ1n) is 7.58. The maximum absolute atomic E-state index is 14.3. The molecule has 1 aliphatic rings. The molecule has 0 saturated heterocycles. The monoisotopic (exact) mass is 378 g/mol. The Hall–Kier alpha value is -1.82. The van der Waals surface area contributed by atoms with Crippen LogP contribution in [0.15, 0.2) is 47.4 Å². The Morgan fingerprint density at radius 1 is 1.12 bits per heavy atom. The Kier molecular flexibility index (Phi) is 4.66. The molecule has 130 valence electrons. The SMILES string of the molecule is C[S+]([O-])c1ccc(C2=C(c3ccc(Cl)cc3)C(=O)C(C)(C)O2)cc1F. The van der Waals surface area contributed by atoms with Gasteiger partial charge in [-0.1, -0.05) is 23.7 Å². The molecular weight excluding hydrogens is 363 g/mol. The average molecular weight is 379 g/mol. The van der Waals surface area contributed by atoms with E-state index in [4.69, 9.17) is 16.3 Å². The first-order chi connectivity index (χ1) is 11.7. The molecule has 0 bridgehead atoms. The van der Waals surface area contributed by atoms with Gasteiger partial charge in [0.1, 0.15) is 12.0 Å². The highest BCUT2D eigenvalue weighted by Crippen LogP contribution is 2.41. The van der Waals surface area contributed by atoms with E-state index in [9.17, 15) is 13.7 Å². The fraction of sp³-hybridized carbons (Fsp3) is 0.211. The Morgan fingerprint density at radius 3 is 2.28 bits per heavy atom. The molecule has 3 rings (SSSR count). The highest BCUT2D eigenvalue weighted by atomic mass is 35.5. The summed E-state index contributed by atoms with van der Waals surface area (Å²) in [5, 5.41) is 0.553. The maximum Gasteiger partial charge on any atom is 0.210 e. The number of carbonyl (C=O) groups is 1. The number of halogens is 2. The molecule has 0 N–H and O–H groups in total. The molecule has 2 aromatic rings. The molecule has 0 aromatic heterocycles. The lowest BCUT2D eigenvalue weighted by Crippen LogP contribution is -2.29. The van der Waals surface area contributed by atoms with Gasteiger partial charge in [-0.3, -0.25) is 4.79 Å². The number of rotatable bonds is 3. The van der Waals surface area contributed by atoms with Gasteiger partial charge in [0.05, 0.1) is 5.57 Å². The third-order valence-electron chi connectivity index (χ3n) is 3.99. The zero-order valence-electron chi connectivity index (χ0n) is 13.9. The largest absolute Gasteiger partial charge is 0.612 e. The van der Waals surface area contributed by atoms with Gasteiger partial charge >= 0.3 is 0 Å². The topological polar surface area (TPSA) is 49.4 Å². The second-order valence-electron chi connectivity index (χ2n) is 6.25. The van der Waals surface area contributed by atoms with Crippen LogP contribution in [0.3, 0.4) is 0 Å². The van der Waals surface area contributed by atoms with Crippen molar-refractivity contribution < 1.29 is 18.5 Å². The Balaban J connectivity index is 2.17. The van der Waals surface area contributed by atoms with Crippen LogP contribution in [0, 0.1) is 5.82 Å².